The van der Waals surface area contributed by atoms with Gasteiger partial charge in [-0.25, -0.2) is 4.39 Å². The lowest BCUT2D eigenvalue weighted by Crippen LogP contribution is -2.54. The molecule has 0 aromatic heterocycles. The second kappa shape index (κ2) is 10.1. The van der Waals surface area contributed by atoms with Crippen molar-refractivity contribution in [1.82, 2.24) is 5.32 Å². The first-order chi connectivity index (χ1) is 16.5. The molecule has 0 radical (unpaired) electrons. The largest absolute Gasteiger partial charge is 0.368 e. The molecule has 0 fully saturated rings. The van der Waals surface area contributed by atoms with Crippen molar-refractivity contribution in [2.45, 2.75) is 17.9 Å². The van der Waals surface area contributed by atoms with E-state index in [1.807, 2.05) is 91.0 Å². The molecule has 0 spiro atoms. The molecule has 0 aliphatic carbocycles. The van der Waals surface area contributed by atoms with Crippen molar-refractivity contribution in [2.75, 3.05) is 0 Å². The van der Waals surface area contributed by atoms with E-state index in [0.29, 0.717) is 5.56 Å². The molecule has 0 unspecified atom stereocenters. The third kappa shape index (κ3) is 4.59. The summed E-state index contributed by atoms with van der Waals surface area (Å²) in [5.74, 6) is -1.50. The molecule has 34 heavy (non-hydrogen) atoms. The summed E-state index contributed by atoms with van der Waals surface area (Å²) in [5.41, 5.74) is 7.26. The van der Waals surface area contributed by atoms with E-state index in [-0.39, 0.29) is 6.42 Å². The molecular weight excluding hydrogens is 427 g/mol. The number of carbonyl (C=O) groups excluding carboxylic acids is 2. The summed E-state index contributed by atoms with van der Waals surface area (Å²) in [7, 11) is 0. The Morgan fingerprint density at radius 3 is 1.62 bits per heavy atom. The number of rotatable bonds is 8. The normalized spacial score (nSPS) is 12.0. The van der Waals surface area contributed by atoms with Crippen LogP contribution in [0.15, 0.2) is 115 Å². The molecule has 0 saturated carbocycles. The van der Waals surface area contributed by atoms with Crippen LogP contribution >= 0.6 is 0 Å². The third-order valence-electron chi connectivity index (χ3n) is 5.94. The fourth-order valence-electron chi connectivity index (χ4n) is 4.35. The summed E-state index contributed by atoms with van der Waals surface area (Å²) in [6.07, 6.45) is 0.0767. The first-order valence-corrected chi connectivity index (χ1v) is 11.0. The lowest BCUT2D eigenvalue weighted by atomic mass is 9.68. The Morgan fingerprint density at radius 2 is 1.21 bits per heavy atom. The van der Waals surface area contributed by atoms with Crippen LogP contribution in [0.3, 0.4) is 0 Å². The quantitative estimate of drug-likeness (QED) is 0.390. The van der Waals surface area contributed by atoms with E-state index in [1.54, 1.807) is 12.1 Å². The van der Waals surface area contributed by atoms with Crippen molar-refractivity contribution < 1.29 is 14.0 Å². The van der Waals surface area contributed by atoms with E-state index in [4.69, 9.17) is 5.73 Å². The number of hydrogen-bond donors (Lipinski definition) is 2. The third-order valence-corrected chi connectivity index (χ3v) is 5.94. The number of nitrogens with one attached hydrogen (secondary N) is 1. The molecule has 0 aliphatic heterocycles. The average Bonchev–Trinajstić information content (AvgIpc) is 2.86. The van der Waals surface area contributed by atoms with Gasteiger partial charge in [-0.2, -0.15) is 0 Å². The molecule has 0 aliphatic rings. The van der Waals surface area contributed by atoms with Gasteiger partial charge in [0.05, 0.1) is 0 Å². The highest BCUT2D eigenvalue weighted by molar-refractivity contribution is 5.98. The SMILES string of the molecule is NC(=O)[C@H](Cc1cccc(F)c1)NC(=O)C(c1ccccc1)(c1ccccc1)c1ccccc1. The summed E-state index contributed by atoms with van der Waals surface area (Å²) < 4.78 is 13.7. The zero-order chi connectivity index (χ0) is 24.0. The van der Waals surface area contributed by atoms with E-state index in [9.17, 15) is 14.0 Å². The van der Waals surface area contributed by atoms with Crippen molar-refractivity contribution >= 4 is 11.8 Å². The molecule has 0 saturated heterocycles. The molecule has 3 N–H and O–H groups in total. The predicted octanol–water partition coefficient (Wildman–Crippen LogP) is 4.37. The van der Waals surface area contributed by atoms with Gasteiger partial charge in [-0.3, -0.25) is 9.59 Å². The van der Waals surface area contributed by atoms with Gasteiger partial charge in [0.1, 0.15) is 17.3 Å². The number of hydrogen-bond acceptors (Lipinski definition) is 2. The minimum atomic E-state index is -1.24. The fraction of sp³-hybridized carbons (Fsp3) is 0.103. The van der Waals surface area contributed by atoms with E-state index >= 15 is 0 Å². The van der Waals surface area contributed by atoms with E-state index in [0.717, 1.165) is 16.7 Å². The Morgan fingerprint density at radius 1 is 0.735 bits per heavy atom. The molecular formula is C29H25FN2O2. The molecule has 5 heteroatoms. The van der Waals surface area contributed by atoms with Crippen LogP contribution in [0, 0.1) is 5.82 Å². The lowest BCUT2D eigenvalue weighted by molar-refractivity contribution is -0.129. The average molecular weight is 453 g/mol. The Hall–Kier alpha value is -4.25. The van der Waals surface area contributed by atoms with Crippen LogP contribution < -0.4 is 11.1 Å². The first-order valence-electron chi connectivity index (χ1n) is 11.0. The molecule has 170 valence electrons. The molecule has 2 amide bonds. The number of carbonyl (C=O) groups is 2. The van der Waals surface area contributed by atoms with Gasteiger partial charge in [-0.15, -0.1) is 0 Å². The maximum absolute atomic E-state index is 14.2. The van der Waals surface area contributed by atoms with Gasteiger partial charge in [-0.1, -0.05) is 103 Å². The van der Waals surface area contributed by atoms with Crippen LogP contribution in [-0.2, 0) is 21.4 Å². The van der Waals surface area contributed by atoms with Crippen molar-refractivity contribution in [3.8, 4) is 0 Å². The maximum atomic E-state index is 14.2. The minimum absolute atomic E-state index is 0.0767. The van der Waals surface area contributed by atoms with Crippen LogP contribution in [-0.4, -0.2) is 17.9 Å². The molecule has 4 aromatic carbocycles. The number of amides is 2. The van der Waals surface area contributed by atoms with E-state index in [1.165, 1.54) is 12.1 Å². The van der Waals surface area contributed by atoms with E-state index in [2.05, 4.69) is 5.32 Å². The Kier molecular flexibility index (Phi) is 6.83. The lowest BCUT2D eigenvalue weighted by Gasteiger charge is -2.35. The summed E-state index contributed by atoms with van der Waals surface area (Å²) >= 11 is 0. The fourth-order valence-corrected chi connectivity index (χ4v) is 4.35. The molecule has 4 rings (SSSR count). The highest BCUT2D eigenvalue weighted by Crippen LogP contribution is 2.39. The van der Waals surface area contributed by atoms with Crippen LogP contribution in [0.5, 0.6) is 0 Å². The molecule has 4 nitrogen and oxygen atoms in total. The van der Waals surface area contributed by atoms with Crippen molar-refractivity contribution in [1.29, 1.82) is 0 Å². The Bertz CT molecular complexity index is 1160. The number of benzene rings is 4. The van der Waals surface area contributed by atoms with Gasteiger partial charge in [-0.05, 0) is 34.4 Å². The summed E-state index contributed by atoms with van der Waals surface area (Å²) in [6, 6.07) is 33.2. The standard InChI is InChI=1S/C29H25FN2O2/c30-25-18-10-11-21(19-25)20-26(27(31)33)32-28(34)29(22-12-4-1-5-13-22,23-14-6-2-7-15-23)24-16-8-3-9-17-24/h1-19,26H,20H2,(H2,31,33)(H,32,34)/t26-/m0/s1. The summed E-state index contributed by atoms with van der Waals surface area (Å²) in [6.45, 7) is 0. The summed E-state index contributed by atoms with van der Waals surface area (Å²) in [4.78, 5) is 26.6. The topological polar surface area (TPSA) is 72.2 Å². The van der Waals surface area contributed by atoms with Crippen molar-refractivity contribution in [3.05, 3.63) is 143 Å². The van der Waals surface area contributed by atoms with Crippen molar-refractivity contribution in [2.24, 2.45) is 5.73 Å². The van der Waals surface area contributed by atoms with Gasteiger partial charge in [0.2, 0.25) is 11.8 Å². The molecule has 4 aromatic rings. The molecule has 1 atom stereocenters. The highest BCUT2D eigenvalue weighted by atomic mass is 19.1. The first kappa shape index (κ1) is 22.9. The second-order valence-electron chi connectivity index (χ2n) is 8.11. The van der Waals surface area contributed by atoms with Gasteiger partial charge < -0.3 is 11.1 Å². The van der Waals surface area contributed by atoms with Gasteiger partial charge in [0.25, 0.3) is 0 Å². The van der Waals surface area contributed by atoms with Crippen LogP contribution in [0.25, 0.3) is 0 Å². The summed E-state index contributed by atoms with van der Waals surface area (Å²) in [5, 5.41) is 2.88. The van der Waals surface area contributed by atoms with Crippen LogP contribution in [0.2, 0.25) is 0 Å². The minimum Gasteiger partial charge on any atom is -0.368 e. The number of halogens is 1. The molecule has 0 bridgehead atoms. The maximum Gasteiger partial charge on any atom is 0.240 e. The van der Waals surface area contributed by atoms with E-state index < -0.39 is 29.1 Å². The van der Waals surface area contributed by atoms with Crippen LogP contribution in [0.4, 0.5) is 4.39 Å². The van der Waals surface area contributed by atoms with Gasteiger partial charge in [0.15, 0.2) is 0 Å². The Balaban J connectivity index is 1.84. The smallest absolute Gasteiger partial charge is 0.240 e. The molecule has 0 heterocycles. The number of nitrogens with two attached hydrogens (primary N) is 1. The van der Waals surface area contributed by atoms with Crippen molar-refractivity contribution in [3.63, 3.8) is 0 Å². The zero-order valence-corrected chi connectivity index (χ0v) is 18.5. The second-order valence-corrected chi connectivity index (χ2v) is 8.11. The van der Waals surface area contributed by atoms with Gasteiger partial charge >= 0.3 is 0 Å². The Labute approximate surface area is 198 Å². The van der Waals surface area contributed by atoms with Crippen LogP contribution in [0.1, 0.15) is 22.3 Å². The van der Waals surface area contributed by atoms with Gasteiger partial charge in [0, 0.05) is 6.42 Å². The monoisotopic (exact) mass is 452 g/mol. The zero-order valence-electron chi connectivity index (χ0n) is 18.5. The number of primary amides is 1. The highest BCUT2D eigenvalue weighted by Gasteiger charge is 2.44. The predicted molar refractivity (Wildman–Crippen MR) is 130 cm³/mol.